The molecule has 1 fully saturated rings. The zero-order valence-electron chi connectivity index (χ0n) is 15.4. The van der Waals surface area contributed by atoms with Crippen molar-refractivity contribution in [2.75, 3.05) is 23.3 Å². The van der Waals surface area contributed by atoms with E-state index in [1.807, 2.05) is 13.0 Å². The van der Waals surface area contributed by atoms with Gasteiger partial charge >= 0.3 is 6.18 Å². The zero-order valence-corrected chi connectivity index (χ0v) is 15.4. The second-order valence-electron chi connectivity index (χ2n) is 7.02. The van der Waals surface area contributed by atoms with E-state index in [0.717, 1.165) is 50.2 Å². The van der Waals surface area contributed by atoms with Crippen LogP contribution in [0.5, 0.6) is 0 Å². The fraction of sp³-hybridized carbons (Fsp3) is 0.474. The summed E-state index contributed by atoms with van der Waals surface area (Å²) in [7, 11) is 0. The first kappa shape index (κ1) is 18.6. The van der Waals surface area contributed by atoms with Gasteiger partial charge in [0, 0.05) is 19.5 Å². The van der Waals surface area contributed by atoms with E-state index in [2.05, 4.69) is 20.4 Å². The average Bonchev–Trinajstić information content (AvgIpc) is 3.40. The molecule has 0 spiro atoms. The van der Waals surface area contributed by atoms with Crippen molar-refractivity contribution in [3.05, 3.63) is 41.6 Å². The van der Waals surface area contributed by atoms with Gasteiger partial charge in [0.05, 0.1) is 29.6 Å². The van der Waals surface area contributed by atoms with Gasteiger partial charge < -0.3 is 19.5 Å². The molecule has 2 aliphatic rings. The maximum Gasteiger partial charge on any atom is 0.416 e. The van der Waals surface area contributed by atoms with Crippen LogP contribution >= 0.6 is 0 Å². The van der Waals surface area contributed by atoms with Crippen LogP contribution in [0.2, 0.25) is 0 Å². The number of anilines is 2. The van der Waals surface area contributed by atoms with Crippen molar-refractivity contribution in [3.63, 3.8) is 0 Å². The van der Waals surface area contributed by atoms with Crippen LogP contribution in [0, 0.1) is 0 Å². The molecule has 9 heteroatoms. The monoisotopic (exact) mass is 394 g/mol. The third-order valence-corrected chi connectivity index (χ3v) is 4.85. The van der Waals surface area contributed by atoms with E-state index in [4.69, 9.17) is 9.26 Å². The number of hydrogen-bond donors (Lipinski definition) is 1. The highest BCUT2D eigenvalue weighted by atomic mass is 19.4. The molecule has 1 unspecified atom stereocenters. The van der Waals surface area contributed by atoms with Gasteiger partial charge in [0.1, 0.15) is 0 Å². The molecule has 0 aliphatic carbocycles. The van der Waals surface area contributed by atoms with Gasteiger partial charge in [-0.05, 0) is 44.0 Å². The molecule has 3 heterocycles. The topological polar surface area (TPSA) is 63.4 Å². The fourth-order valence-corrected chi connectivity index (χ4v) is 3.42. The van der Waals surface area contributed by atoms with Crippen molar-refractivity contribution in [3.8, 4) is 0 Å². The summed E-state index contributed by atoms with van der Waals surface area (Å²) in [4.78, 5) is 6.35. The quantitative estimate of drug-likeness (QED) is 0.808. The molecule has 2 aromatic rings. The Balaban J connectivity index is 1.52. The second kappa shape index (κ2) is 7.37. The van der Waals surface area contributed by atoms with Gasteiger partial charge in [-0.3, -0.25) is 0 Å². The summed E-state index contributed by atoms with van der Waals surface area (Å²) < 4.78 is 50.2. The molecule has 0 radical (unpaired) electrons. The minimum absolute atomic E-state index is 0.0724. The zero-order chi connectivity index (χ0) is 19.7. The maximum atomic E-state index is 13.1. The molecule has 0 saturated carbocycles. The van der Waals surface area contributed by atoms with Gasteiger partial charge in [-0.15, -0.1) is 0 Å². The Morgan fingerprint density at radius 1 is 1.25 bits per heavy atom. The molecule has 1 N–H and O–H groups in total. The van der Waals surface area contributed by atoms with Crippen LogP contribution in [0.15, 0.2) is 28.8 Å². The Morgan fingerprint density at radius 3 is 2.71 bits per heavy atom. The molecule has 1 aromatic heterocycles. The SMILES string of the molecule is CC1CC=C(c2noc(CNc3cc(C(F)(F)F)ccc3N3CCCC3)n2)O1. The van der Waals surface area contributed by atoms with Crippen LogP contribution in [-0.2, 0) is 17.5 Å². The van der Waals surface area contributed by atoms with Gasteiger partial charge in [0.2, 0.25) is 11.7 Å². The molecule has 0 bridgehead atoms. The third-order valence-electron chi connectivity index (χ3n) is 4.85. The first-order valence-electron chi connectivity index (χ1n) is 9.30. The summed E-state index contributed by atoms with van der Waals surface area (Å²) in [6, 6.07) is 3.78. The van der Waals surface area contributed by atoms with Crippen molar-refractivity contribution in [2.45, 2.75) is 45.0 Å². The lowest BCUT2D eigenvalue weighted by molar-refractivity contribution is -0.137. The third kappa shape index (κ3) is 3.93. The first-order chi connectivity index (χ1) is 13.4. The highest BCUT2D eigenvalue weighted by Crippen LogP contribution is 2.36. The standard InChI is InChI=1S/C19H21F3N4O2/c1-12-4-7-16(27-12)18-24-17(28-25-18)11-23-14-10-13(19(20,21)22)5-6-15(14)26-8-2-3-9-26/h5-7,10,12,23H,2-4,8-9,11H2,1H3. The number of halogens is 3. The molecule has 6 nitrogen and oxygen atoms in total. The Morgan fingerprint density at radius 2 is 2.04 bits per heavy atom. The minimum atomic E-state index is -4.40. The number of aromatic nitrogens is 2. The Labute approximate surface area is 160 Å². The molecular weight excluding hydrogens is 373 g/mol. The Hall–Kier alpha value is -2.71. The molecule has 0 amide bonds. The van der Waals surface area contributed by atoms with Gasteiger partial charge in [0.15, 0.2) is 5.76 Å². The second-order valence-corrected chi connectivity index (χ2v) is 7.02. The smallest absolute Gasteiger partial charge is 0.416 e. The van der Waals surface area contributed by atoms with Gasteiger partial charge in [-0.2, -0.15) is 18.2 Å². The van der Waals surface area contributed by atoms with Crippen molar-refractivity contribution < 1.29 is 22.4 Å². The summed E-state index contributed by atoms with van der Waals surface area (Å²) in [5, 5.41) is 6.93. The lowest BCUT2D eigenvalue weighted by Crippen LogP contribution is -2.20. The molecule has 150 valence electrons. The highest BCUT2D eigenvalue weighted by Gasteiger charge is 2.31. The molecular formula is C19H21F3N4O2. The summed E-state index contributed by atoms with van der Waals surface area (Å²) in [5.74, 6) is 1.20. The van der Waals surface area contributed by atoms with E-state index in [9.17, 15) is 13.2 Å². The largest absolute Gasteiger partial charge is 0.487 e. The van der Waals surface area contributed by atoms with E-state index < -0.39 is 11.7 Å². The van der Waals surface area contributed by atoms with Crippen molar-refractivity contribution >= 4 is 17.1 Å². The normalized spacial score (nSPS) is 19.6. The van der Waals surface area contributed by atoms with Crippen molar-refractivity contribution in [1.29, 1.82) is 0 Å². The number of hydrogen-bond acceptors (Lipinski definition) is 6. The Bertz CT molecular complexity index is 872. The summed E-state index contributed by atoms with van der Waals surface area (Å²) in [6.07, 6.45) is 0.400. The van der Waals surface area contributed by atoms with Crippen LogP contribution < -0.4 is 10.2 Å². The number of nitrogens with zero attached hydrogens (tertiary/aromatic N) is 3. The van der Waals surface area contributed by atoms with Gasteiger partial charge in [0.25, 0.3) is 0 Å². The number of benzene rings is 1. The lowest BCUT2D eigenvalue weighted by Gasteiger charge is -2.23. The van der Waals surface area contributed by atoms with Crippen LogP contribution in [0.4, 0.5) is 24.5 Å². The van der Waals surface area contributed by atoms with Crippen LogP contribution in [-0.4, -0.2) is 29.3 Å². The van der Waals surface area contributed by atoms with Crippen molar-refractivity contribution in [1.82, 2.24) is 10.1 Å². The number of ether oxygens (including phenoxy) is 1. The minimum Gasteiger partial charge on any atom is -0.487 e. The predicted octanol–water partition coefficient (Wildman–Crippen LogP) is 4.45. The van der Waals surface area contributed by atoms with Crippen LogP contribution in [0.1, 0.15) is 43.5 Å². The highest BCUT2D eigenvalue weighted by molar-refractivity contribution is 5.71. The van der Waals surface area contributed by atoms with Crippen LogP contribution in [0.3, 0.4) is 0 Å². The number of nitrogens with one attached hydrogen (secondary N) is 1. The van der Waals surface area contributed by atoms with E-state index in [0.29, 0.717) is 17.3 Å². The van der Waals surface area contributed by atoms with Crippen molar-refractivity contribution in [2.24, 2.45) is 0 Å². The van der Waals surface area contributed by atoms with E-state index in [1.54, 1.807) is 0 Å². The maximum absolute atomic E-state index is 13.1. The number of rotatable bonds is 5. The molecule has 4 rings (SSSR count). The molecule has 1 aromatic carbocycles. The van der Waals surface area contributed by atoms with Crippen LogP contribution in [0.25, 0.3) is 5.76 Å². The first-order valence-corrected chi connectivity index (χ1v) is 9.30. The molecule has 1 saturated heterocycles. The number of alkyl halides is 3. The molecule has 28 heavy (non-hydrogen) atoms. The van der Waals surface area contributed by atoms with E-state index in [1.165, 1.54) is 6.07 Å². The summed E-state index contributed by atoms with van der Waals surface area (Å²) >= 11 is 0. The van der Waals surface area contributed by atoms with E-state index >= 15 is 0 Å². The molecule has 2 aliphatic heterocycles. The van der Waals surface area contributed by atoms with Gasteiger partial charge in [-0.25, -0.2) is 0 Å². The van der Waals surface area contributed by atoms with Gasteiger partial charge in [-0.1, -0.05) is 5.16 Å². The molecule has 1 atom stereocenters. The Kier molecular flexibility index (Phi) is 4.91. The fourth-order valence-electron chi connectivity index (χ4n) is 3.42. The summed E-state index contributed by atoms with van der Waals surface area (Å²) in [5.41, 5.74) is 0.463. The van der Waals surface area contributed by atoms with E-state index in [-0.39, 0.29) is 18.5 Å². The lowest BCUT2D eigenvalue weighted by atomic mass is 10.1. The average molecular weight is 394 g/mol. The summed E-state index contributed by atoms with van der Waals surface area (Å²) in [6.45, 7) is 3.72. The predicted molar refractivity (Wildman–Crippen MR) is 97.7 cm³/mol.